The third-order valence-corrected chi connectivity index (χ3v) is 3.19. The summed E-state index contributed by atoms with van der Waals surface area (Å²) in [5.74, 6) is 0.593. The summed E-state index contributed by atoms with van der Waals surface area (Å²) in [5.41, 5.74) is 1.22. The number of carbonyl (C=O) groups excluding carboxylic acids is 1. The molecular weight excluding hydrogens is 244 g/mol. The second-order valence-electron chi connectivity index (χ2n) is 4.51. The maximum Gasteiger partial charge on any atom is 0.328 e. The van der Waals surface area contributed by atoms with Crippen LogP contribution in [0.2, 0.25) is 0 Å². The highest BCUT2D eigenvalue weighted by Gasteiger charge is 2.37. The smallest absolute Gasteiger partial charge is 0.328 e. The summed E-state index contributed by atoms with van der Waals surface area (Å²) in [6, 6.07) is 6.77. The summed E-state index contributed by atoms with van der Waals surface area (Å²) in [6.07, 6.45) is 2.04. The Morgan fingerprint density at radius 2 is 2.21 bits per heavy atom. The molecule has 1 aromatic rings. The van der Waals surface area contributed by atoms with Gasteiger partial charge in [-0.1, -0.05) is 0 Å². The Hall–Kier alpha value is -2.22. The van der Waals surface area contributed by atoms with Crippen molar-refractivity contribution in [3.63, 3.8) is 0 Å². The number of nitrogens with one attached hydrogen (secondary N) is 1. The van der Waals surface area contributed by atoms with E-state index < -0.39 is 0 Å². The summed E-state index contributed by atoms with van der Waals surface area (Å²) in [6.45, 7) is 0. The van der Waals surface area contributed by atoms with Crippen LogP contribution in [0, 0.1) is 17.2 Å². The first-order chi connectivity index (χ1) is 9.19. The first-order valence-electron chi connectivity index (χ1n) is 6.12. The summed E-state index contributed by atoms with van der Waals surface area (Å²) < 4.78 is 10.0. The highest BCUT2D eigenvalue weighted by molar-refractivity contribution is 5.81. The van der Waals surface area contributed by atoms with Gasteiger partial charge in [0.1, 0.15) is 11.8 Å². The number of hydrogen-bond donors (Lipinski definition) is 1. The molecule has 1 aliphatic rings. The number of esters is 1. The minimum absolute atomic E-state index is 0.270. The van der Waals surface area contributed by atoms with Crippen LogP contribution in [0.1, 0.15) is 18.4 Å². The molecule has 100 valence electrons. The molecule has 1 N–H and O–H groups in total. The number of nitrogens with zero attached hydrogens (tertiary/aromatic N) is 1. The Morgan fingerprint density at radius 3 is 2.74 bits per heavy atom. The SMILES string of the molecule is COC(=O)C(Nc1ccc(C#N)cc1OC)C1CC1. The Balaban J connectivity index is 2.21. The predicted molar refractivity (Wildman–Crippen MR) is 69.9 cm³/mol. The van der Waals surface area contributed by atoms with Crippen molar-refractivity contribution < 1.29 is 14.3 Å². The van der Waals surface area contributed by atoms with Gasteiger partial charge >= 0.3 is 5.97 Å². The van der Waals surface area contributed by atoms with Gasteiger partial charge in [-0.3, -0.25) is 0 Å². The number of methoxy groups -OCH3 is 2. The second kappa shape index (κ2) is 5.61. The molecule has 0 heterocycles. The van der Waals surface area contributed by atoms with E-state index in [1.165, 1.54) is 14.2 Å². The van der Waals surface area contributed by atoms with Crippen LogP contribution in [0.25, 0.3) is 0 Å². The number of carbonyl (C=O) groups is 1. The molecule has 5 nitrogen and oxygen atoms in total. The number of ether oxygens (including phenoxy) is 2. The number of nitriles is 1. The molecule has 0 spiro atoms. The minimum atomic E-state index is -0.355. The molecule has 0 bridgehead atoms. The van der Waals surface area contributed by atoms with E-state index in [1.54, 1.807) is 18.2 Å². The van der Waals surface area contributed by atoms with Crippen molar-refractivity contribution >= 4 is 11.7 Å². The van der Waals surface area contributed by atoms with E-state index in [4.69, 9.17) is 14.7 Å². The summed E-state index contributed by atoms with van der Waals surface area (Å²) in [4.78, 5) is 11.7. The lowest BCUT2D eigenvalue weighted by atomic mass is 10.1. The lowest BCUT2D eigenvalue weighted by Gasteiger charge is -2.19. The molecule has 2 rings (SSSR count). The van der Waals surface area contributed by atoms with Crippen LogP contribution in [-0.2, 0) is 9.53 Å². The lowest BCUT2D eigenvalue weighted by Crippen LogP contribution is -2.32. The van der Waals surface area contributed by atoms with E-state index in [-0.39, 0.29) is 12.0 Å². The van der Waals surface area contributed by atoms with Crippen LogP contribution in [0.4, 0.5) is 5.69 Å². The van der Waals surface area contributed by atoms with Crippen molar-refractivity contribution in [3.8, 4) is 11.8 Å². The number of hydrogen-bond acceptors (Lipinski definition) is 5. The zero-order chi connectivity index (χ0) is 13.8. The molecule has 0 amide bonds. The maximum atomic E-state index is 11.7. The second-order valence-corrected chi connectivity index (χ2v) is 4.51. The molecule has 0 saturated heterocycles. The average molecular weight is 260 g/mol. The first-order valence-corrected chi connectivity index (χ1v) is 6.12. The van der Waals surface area contributed by atoms with Crippen LogP contribution >= 0.6 is 0 Å². The lowest BCUT2D eigenvalue weighted by molar-refractivity contribution is -0.142. The van der Waals surface area contributed by atoms with Gasteiger partial charge in [-0.05, 0) is 30.9 Å². The Labute approximate surface area is 112 Å². The Kier molecular flexibility index (Phi) is 3.91. The summed E-state index contributed by atoms with van der Waals surface area (Å²) >= 11 is 0. The molecule has 19 heavy (non-hydrogen) atoms. The standard InChI is InChI=1S/C14H16N2O3/c1-18-12-7-9(8-15)3-6-11(12)16-13(10-4-5-10)14(17)19-2/h3,6-7,10,13,16H,4-5H2,1-2H3. The van der Waals surface area contributed by atoms with Gasteiger partial charge in [-0.2, -0.15) is 5.26 Å². The Morgan fingerprint density at radius 1 is 1.47 bits per heavy atom. The molecule has 1 saturated carbocycles. The maximum absolute atomic E-state index is 11.7. The number of anilines is 1. The van der Waals surface area contributed by atoms with E-state index in [0.29, 0.717) is 22.9 Å². The highest BCUT2D eigenvalue weighted by Crippen LogP contribution is 2.36. The number of benzene rings is 1. The van der Waals surface area contributed by atoms with E-state index in [9.17, 15) is 4.79 Å². The van der Waals surface area contributed by atoms with Gasteiger partial charge in [0, 0.05) is 6.07 Å². The molecule has 0 aromatic heterocycles. The van der Waals surface area contributed by atoms with E-state index in [1.807, 2.05) is 0 Å². The molecule has 1 fully saturated rings. The van der Waals surface area contributed by atoms with Gasteiger partial charge in [0.05, 0.1) is 31.5 Å². The molecule has 1 aliphatic carbocycles. The molecular formula is C14H16N2O3. The highest BCUT2D eigenvalue weighted by atomic mass is 16.5. The third-order valence-electron chi connectivity index (χ3n) is 3.19. The zero-order valence-electron chi connectivity index (χ0n) is 11.0. The van der Waals surface area contributed by atoms with Gasteiger partial charge in [0.2, 0.25) is 0 Å². The van der Waals surface area contributed by atoms with Crippen LogP contribution < -0.4 is 10.1 Å². The van der Waals surface area contributed by atoms with E-state index >= 15 is 0 Å². The monoisotopic (exact) mass is 260 g/mol. The minimum Gasteiger partial charge on any atom is -0.495 e. The summed E-state index contributed by atoms with van der Waals surface area (Å²) in [7, 11) is 2.92. The molecule has 1 unspecified atom stereocenters. The van der Waals surface area contributed by atoms with Gasteiger partial charge in [0.15, 0.2) is 0 Å². The fourth-order valence-electron chi connectivity index (χ4n) is 1.97. The molecule has 1 atom stereocenters. The largest absolute Gasteiger partial charge is 0.495 e. The van der Waals surface area contributed by atoms with Crippen molar-refractivity contribution in [1.82, 2.24) is 0 Å². The van der Waals surface area contributed by atoms with Crippen LogP contribution in [0.3, 0.4) is 0 Å². The molecule has 0 aliphatic heterocycles. The Bertz CT molecular complexity index is 518. The van der Waals surface area contributed by atoms with E-state index in [2.05, 4.69) is 11.4 Å². The van der Waals surface area contributed by atoms with Gasteiger partial charge < -0.3 is 14.8 Å². The van der Waals surface area contributed by atoms with Crippen LogP contribution in [0.15, 0.2) is 18.2 Å². The summed E-state index contributed by atoms with van der Waals surface area (Å²) in [5, 5.41) is 12.0. The van der Waals surface area contributed by atoms with Crippen LogP contribution in [0.5, 0.6) is 5.75 Å². The normalized spacial score (nSPS) is 15.2. The van der Waals surface area contributed by atoms with Gasteiger partial charge in [-0.15, -0.1) is 0 Å². The van der Waals surface area contributed by atoms with Crippen molar-refractivity contribution in [2.45, 2.75) is 18.9 Å². The van der Waals surface area contributed by atoms with Crippen molar-refractivity contribution in [2.75, 3.05) is 19.5 Å². The van der Waals surface area contributed by atoms with Crippen molar-refractivity contribution in [1.29, 1.82) is 5.26 Å². The van der Waals surface area contributed by atoms with Crippen LogP contribution in [-0.4, -0.2) is 26.2 Å². The molecule has 5 heteroatoms. The fraction of sp³-hybridized carbons (Fsp3) is 0.429. The fourth-order valence-corrected chi connectivity index (χ4v) is 1.97. The quantitative estimate of drug-likeness (QED) is 0.819. The van der Waals surface area contributed by atoms with Crippen molar-refractivity contribution in [2.24, 2.45) is 5.92 Å². The third kappa shape index (κ3) is 2.97. The topological polar surface area (TPSA) is 71.3 Å². The predicted octanol–water partition coefficient (Wildman–Crippen LogP) is 1.93. The molecule has 0 radical (unpaired) electrons. The van der Waals surface area contributed by atoms with Gasteiger partial charge in [-0.25, -0.2) is 4.79 Å². The molecule has 1 aromatic carbocycles. The van der Waals surface area contributed by atoms with E-state index in [0.717, 1.165) is 12.8 Å². The number of rotatable bonds is 5. The van der Waals surface area contributed by atoms with Gasteiger partial charge in [0.25, 0.3) is 0 Å². The average Bonchev–Trinajstić information content (AvgIpc) is 3.28. The zero-order valence-corrected chi connectivity index (χ0v) is 11.0. The first kappa shape index (κ1) is 13.2. The van der Waals surface area contributed by atoms with Crippen molar-refractivity contribution in [3.05, 3.63) is 23.8 Å².